The summed E-state index contributed by atoms with van der Waals surface area (Å²) in [5.41, 5.74) is 0. The SMILES string of the molecule is CCCCCCCC/C=C\CCCCCCCC(OCC)OP(=O)(O)O. The van der Waals surface area contributed by atoms with E-state index in [1.54, 1.807) is 6.92 Å². The lowest BCUT2D eigenvalue weighted by atomic mass is 10.1. The molecule has 26 heavy (non-hydrogen) atoms. The van der Waals surface area contributed by atoms with Crippen molar-refractivity contribution in [2.45, 2.75) is 110 Å². The summed E-state index contributed by atoms with van der Waals surface area (Å²) in [6.07, 6.45) is 20.3. The average molecular weight is 393 g/mol. The summed E-state index contributed by atoms with van der Waals surface area (Å²) in [5, 5.41) is 0. The molecule has 0 spiro atoms. The third kappa shape index (κ3) is 20.1. The Labute approximate surface area is 160 Å². The Morgan fingerprint density at radius 1 is 0.808 bits per heavy atom. The maximum atomic E-state index is 10.9. The molecule has 6 heteroatoms. The zero-order chi connectivity index (χ0) is 19.5. The van der Waals surface area contributed by atoms with Crippen LogP contribution in [0.3, 0.4) is 0 Å². The number of phosphoric acid groups is 1. The predicted molar refractivity (Wildman–Crippen MR) is 108 cm³/mol. The molecule has 0 aromatic carbocycles. The first-order chi connectivity index (χ1) is 12.5. The van der Waals surface area contributed by atoms with Gasteiger partial charge in [-0.15, -0.1) is 0 Å². The minimum atomic E-state index is -4.47. The number of hydrogen-bond acceptors (Lipinski definition) is 3. The molecular formula is C20H41O5P. The van der Waals surface area contributed by atoms with Crippen LogP contribution in [0.2, 0.25) is 0 Å². The molecule has 0 amide bonds. The fourth-order valence-corrected chi connectivity index (χ4v) is 3.36. The largest absolute Gasteiger partial charge is 0.471 e. The number of rotatable bonds is 19. The van der Waals surface area contributed by atoms with Gasteiger partial charge in [-0.1, -0.05) is 70.4 Å². The van der Waals surface area contributed by atoms with Crippen LogP contribution in [0.1, 0.15) is 104 Å². The molecule has 1 unspecified atom stereocenters. The van der Waals surface area contributed by atoms with E-state index in [4.69, 9.17) is 14.5 Å². The molecular weight excluding hydrogens is 351 g/mol. The van der Waals surface area contributed by atoms with Crippen molar-refractivity contribution in [1.82, 2.24) is 0 Å². The summed E-state index contributed by atoms with van der Waals surface area (Å²) in [4.78, 5) is 17.7. The van der Waals surface area contributed by atoms with Crippen molar-refractivity contribution in [2.24, 2.45) is 0 Å². The molecule has 0 bridgehead atoms. The van der Waals surface area contributed by atoms with Crippen LogP contribution in [0, 0.1) is 0 Å². The standard InChI is InChI=1S/C20H41O5P/c1-3-5-6-7-8-9-10-11-12-13-14-15-16-17-18-19-20(24-4-2)25-26(21,22)23/h11-12,20H,3-10,13-19H2,1-2H3,(H2,21,22,23)/b12-11-. The van der Waals surface area contributed by atoms with Gasteiger partial charge in [0.2, 0.25) is 0 Å². The first-order valence-corrected chi connectivity index (χ1v) is 12.0. The van der Waals surface area contributed by atoms with E-state index in [9.17, 15) is 4.57 Å². The monoisotopic (exact) mass is 392 g/mol. The van der Waals surface area contributed by atoms with E-state index in [2.05, 4.69) is 23.6 Å². The Balaban J connectivity index is 3.43. The van der Waals surface area contributed by atoms with Gasteiger partial charge in [0.05, 0.1) is 0 Å². The zero-order valence-corrected chi connectivity index (χ0v) is 17.8. The van der Waals surface area contributed by atoms with Gasteiger partial charge in [0.25, 0.3) is 0 Å². The Hall–Kier alpha value is -0.190. The molecule has 0 saturated carbocycles. The Morgan fingerprint density at radius 3 is 1.81 bits per heavy atom. The summed E-state index contributed by atoms with van der Waals surface area (Å²) in [6, 6.07) is 0. The van der Waals surface area contributed by atoms with Gasteiger partial charge in [-0.3, -0.25) is 4.52 Å². The normalized spacial score (nSPS) is 13.5. The Kier molecular flexibility index (Phi) is 18.1. The highest BCUT2D eigenvalue weighted by atomic mass is 31.2. The number of allylic oxidation sites excluding steroid dienone is 2. The Morgan fingerprint density at radius 2 is 1.31 bits per heavy atom. The van der Waals surface area contributed by atoms with Gasteiger partial charge in [-0.2, -0.15) is 0 Å². The molecule has 0 fully saturated rings. The molecule has 156 valence electrons. The van der Waals surface area contributed by atoms with Crippen molar-refractivity contribution in [3.63, 3.8) is 0 Å². The number of phosphoric ester groups is 1. The van der Waals surface area contributed by atoms with E-state index >= 15 is 0 Å². The minimum absolute atomic E-state index is 0.385. The van der Waals surface area contributed by atoms with E-state index < -0.39 is 14.1 Å². The molecule has 1 atom stereocenters. The molecule has 0 aromatic heterocycles. The van der Waals surface area contributed by atoms with E-state index in [1.165, 1.54) is 57.8 Å². The summed E-state index contributed by atoms with van der Waals surface area (Å²) in [6.45, 7) is 4.42. The van der Waals surface area contributed by atoms with Crippen LogP contribution >= 0.6 is 7.82 Å². The second kappa shape index (κ2) is 18.2. The lowest BCUT2D eigenvalue weighted by Crippen LogP contribution is -2.15. The molecule has 0 saturated heterocycles. The van der Waals surface area contributed by atoms with Crippen LogP contribution in [0.4, 0.5) is 0 Å². The molecule has 0 heterocycles. The number of hydrogen-bond donors (Lipinski definition) is 2. The van der Waals surface area contributed by atoms with E-state index in [-0.39, 0.29) is 0 Å². The lowest BCUT2D eigenvalue weighted by molar-refractivity contribution is -0.0929. The van der Waals surface area contributed by atoms with Gasteiger partial charge in [0.1, 0.15) is 0 Å². The van der Waals surface area contributed by atoms with Crippen LogP contribution < -0.4 is 0 Å². The highest BCUT2D eigenvalue weighted by Crippen LogP contribution is 2.38. The molecule has 0 aromatic rings. The highest BCUT2D eigenvalue weighted by molar-refractivity contribution is 7.46. The Bertz CT molecular complexity index is 367. The van der Waals surface area contributed by atoms with E-state index in [0.29, 0.717) is 13.0 Å². The van der Waals surface area contributed by atoms with Crippen molar-refractivity contribution >= 4 is 7.82 Å². The predicted octanol–water partition coefficient (Wildman–Crippen LogP) is 6.50. The van der Waals surface area contributed by atoms with Crippen LogP contribution in [-0.2, 0) is 13.8 Å². The van der Waals surface area contributed by atoms with Gasteiger partial charge in [-0.25, -0.2) is 4.57 Å². The van der Waals surface area contributed by atoms with Crippen LogP contribution in [0.25, 0.3) is 0 Å². The van der Waals surface area contributed by atoms with Crippen LogP contribution in [0.5, 0.6) is 0 Å². The van der Waals surface area contributed by atoms with Crippen molar-refractivity contribution < 1.29 is 23.6 Å². The fraction of sp³-hybridized carbons (Fsp3) is 0.900. The minimum Gasteiger partial charge on any atom is -0.352 e. The van der Waals surface area contributed by atoms with Crippen molar-refractivity contribution in [2.75, 3.05) is 6.61 Å². The second-order valence-corrected chi connectivity index (χ2v) is 8.05. The lowest BCUT2D eigenvalue weighted by Gasteiger charge is -2.17. The molecule has 0 aliphatic carbocycles. The van der Waals surface area contributed by atoms with Gasteiger partial charge in [0.15, 0.2) is 6.29 Å². The fourth-order valence-electron chi connectivity index (χ4n) is 2.89. The first-order valence-electron chi connectivity index (χ1n) is 10.5. The number of unbranched alkanes of at least 4 members (excludes halogenated alkanes) is 11. The molecule has 0 aliphatic heterocycles. The van der Waals surface area contributed by atoms with Gasteiger partial charge in [0, 0.05) is 6.61 Å². The van der Waals surface area contributed by atoms with Gasteiger partial charge < -0.3 is 14.5 Å². The maximum absolute atomic E-state index is 10.9. The molecule has 0 aliphatic rings. The van der Waals surface area contributed by atoms with E-state index in [1.807, 2.05) is 0 Å². The second-order valence-electron chi connectivity index (χ2n) is 6.85. The summed E-state index contributed by atoms with van der Waals surface area (Å²) >= 11 is 0. The van der Waals surface area contributed by atoms with Crippen molar-refractivity contribution in [3.8, 4) is 0 Å². The van der Waals surface area contributed by atoms with Crippen LogP contribution in [-0.4, -0.2) is 22.7 Å². The molecule has 2 N–H and O–H groups in total. The number of ether oxygens (including phenoxy) is 1. The first kappa shape index (κ1) is 25.8. The average Bonchev–Trinajstić information content (AvgIpc) is 2.57. The quantitative estimate of drug-likeness (QED) is 0.114. The van der Waals surface area contributed by atoms with Crippen molar-refractivity contribution in [1.29, 1.82) is 0 Å². The third-order valence-corrected chi connectivity index (χ3v) is 4.82. The summed E-state index contributed by atoms with van der Waals surface area (Å²) in [7, 11) is -4.47. The third-order valence-electron chi connectivity index (χ3n) is 4.31. The van der Waals surface area contributed by atoms with E-state index in [0.717, 1.165) is 25.7 Å². The highest BCUT2D eigenvalue weighted by Gasteiger charge is 2.21. The summed E-state index contributed by atoms with van der Waals surface area (Å²) < 4.78 is 20.7. The maximum Gasteiger partial charge on any atom is 0.471 e. The summed E-state index contributed by atoms with van der Waals surface area (Å²) in [5.74, 6) is 0. The van der Waals surface area contributed by atoms with Crippen LogP contribution in [0.15, 0.2) is 12.2 Å². The van der Waals surface area contributed by atoms with Crippen molar-refractivity contribution in [3.05, 3.63) is 12.2 Å². The topological polar surface area (TPSA) is 76.0 Å². The zero-order valence-electron chi connectivity index (χ0n) is 16.9. The molecule has 5 nitrogen and oxygen atoms in total. The molecule has 0 rings (SSSR count). The van der Waals surface area contributed by atoms with Gasteiger partial charge in [-0.05, 0) is 45.4 Å². The van der Waals surface area contributed by atoms with Gasteiger partial charge >= 0.3 is 7.82 Å². The smallest absolute Gasteiger partial charge is 0.352 e. The molecule has 0 radical (unpaired) electrons.